The summed E-state index contributed by atoms with van der Waals surface area (Å²) < 4.78 is 0. The predicted octanol–water partition coefficient (Wildman–Crippen LogP) is 11.1. The number of benzene rings is 6. The van der Waals surface area contributed by atoms with Gasteiger partial charge in [-0.25, -0.2) is 15.0 Å². The van der Waals surface area contributed by atoms with Crippen LogP contribution in [0.2, 0.25) is 0 Å². The van der Waals surface area contributed by atoms with Crippen LogP contribution >= 0.6 is 0 Å². The normalized spacial score (nSPS) is 17.1. The SMILES string of the molecule is c1ccc(CNc2cc(C3[C@@H](c4ccccc4)C(c4cc(NCc5ccccc5)nc(NCc5ccccc5)n4)[C@@H]3c3ccccc3)nc(Cc3ccccc3)n2)cc1. The molecule has 1 saturated carbocycles. The second-order valence-corrected chi connectivity index (χ2v) is 15.2. The minimum Gasteiger partial charge on any atom is -0.366 e. The van der Waals surface area contributed by atoms with Crippen LogP contribution in [0, 0.1) is 0 Å². The second-order valence-electron chi connectivity index (χ2n) is 15.2. The maximum atomic E-state index is 5.44. The first-order valence-electron chi connectivity index (χ1n) is 20.5. The van der Waals surface area contributed by atoms with Gasteiger partial charge in [-0.3, -0.25) is 0 Å². The van der Waals surface area contributed by atoms with Crippen LogP contribution in [-0.2, 0) is 26.1 Å². The van der Waals surface area contributed by atoms with E-state index in [0.29, 0.717) is 32.0 Å². The molecule has 3 N–H and O–H groups in total. The molecule has 7 heteroatoms. The van der Waals surface area contributed by atoms with Crippen LogP contribution in [0.25, 0.3) is 0 Å². The fourth-order valence-corrected chi connectivity index (χ4v) is 8.46. The van der Waals surface area contributed by atoms with Crippen LogP contribution in [0.4, 0.5) is 17.6 Å². The Bertz CT molecular complexity index is 2430. The van der Waals surface area contributed by atoms with Gasteiger partial charge in [0.2, 0.25) is 5.95 Å². The highest BCUT2D eigenvalue weighted by atomic mass is 15.1. The van der Waals surface area contributed by atoms with E-state index in [2.05, 4.69) is 192 Å². The van der Waals surface area contributed by atoms with Crippen LogP contribution in [0.1, 0.15) is 74.3 Å². The zero-order valence-electron chi connectivity index (χ0n) is 32.9. The lowest BCUT2D eigenvalue weighted by molar-refractivity contribution is 0.220. The molecule has 0 unspecified atom stereocenters. The van der Waals surface area contributed by atoms with E-state index in [-0.39, 0.29) is 23.7 Å². The zero-order chi connectivity index (χ0) is 39.6. The van der Waals surface area contributed by atoms with E-state index in [1.165, 1.54) is 33.4 Å². The summed E-state index contributed by atoms with van der Waals surface area (Å²) in [7, 11) is 0. The number of anilines is 3. The highest BCUT2D eigenvalue weighted by Crippen LogP contribution is 2.66. The summed E-state index contributed by atoms with van der Waals surface area (Å²) in [6.45, 7) is 1.93. The van der Waals surface area contributed by atoms with Gasteiger partial charge in [0.05, 0.1) is 11.4 Å². The molecule has 0 spiro atoms. The third-order valence-corrected chi connectivity index (χ3v) is 11.3. The van der Waals surface area contributed by atoms with Gasteiger partial charge in [0, 0.05) is 61.9 Å². The van der Waals surface area contributed by atoms with E-state index in [4.69, 9.17) is 19.9 Å². The van der Waals surface area contributed by atoms with E-state index in [0.717, 1.165) is 28.8 Å². The fourth-order valence-electron chi connectivity index (χ4n) is 8.46. The van der Waals surface area contributed by atoms with Gasteiger partial charge in [0.25, 0.3) is 0 Å². The molecule has 0 bridgehead atoms. The van der Waals surface area contributed by atoms with Gasteiger partial charge in [-0.2, -0.15) is 4.98 Å². The van der Waals surface area contributed by atoms with Crippen LogP contribution in [0.3, 0.4) is 0 Å². The highest BCUT2D eigenvalue weighted by molar-refractivity contribution is 5.52. The minimum absolute atomic E-state index is 0.0237. The molecule has 2 aromatic heterocycles. The Hall–Kier alpha value is -7.12. The van der Waals surface area contributed by atoms with Gasteiger partial charge in [-0.15, -0.1) is 0 Å². The number of nitrogens with one attached hydrogen (secondary N) is 3. The second kappa shape index (κ2) is 18.0. The first-order valence-corrected chi connectivity index (χ1v) is 20.5. The molecule has 2 atom stereocenters. The Morgan fingerprint density at radius 2 is 0.712 bits per heavy atom. The Morgan fingerprint density at radius 3 is 1.17 bits per heavy atom. The molecule has 59 heavy (non-hydrogen) atoms. The van der Waals surface area contributed by atoms with Crippen LogP contribution in [0.15, 0.2) is 194 Å². The summed E-state index contributed by atoms with van der Waals surface area (Å²) in [5.74, 6) is 3.22. The molecule has 2 heterocycles. The third-order valence-electron chi connectivity index (χ3n) is 11.3. The fraction of sp³-hybridized carbons (Fsp3) is 0.154. The van der Waals surface area contributed by atoms with Crippen molar-refractivity contribution < 1.29 is 0 Å². The molecule has 8 aromatic rings. The van der Waals surface area contributed by atoms with Crippen molar-refractivity contribution in [2.75, 3.05) is 16.0 Å². The predicted molar refractivity (Wildman–Crippen MR) is 238 cm³/mol. The quantitative estimate of drug-likeness (QED) is 0.0957. The van der Waals surface area contributed by atoms with Gasteiger partial charge in [0.15, 0.2) is 0 Å². The van der Waals surface area contributed by atoms with Gasteiger partial charge in [-0.1, -0.05) is 182 Å². The Labute approximate surface area is 346 Å². The molecule has 0 saturated heterocycles. The zero-order valence-corrected chi connectivity index (χ0v) is 32.9. The molecule has 9 rings (SSSR count). The maximum absolute atomic E-state index is 5.44. The molecule has 1 aliphatic carbocycles. The Morgan fingerprint density at radius 1 is 0.339 bits per heavy atom. The lowest BCUT2D eigenvalue weighted by atomic mass is 9.50. The van der Waals surface area contributed by atoms with Crippen molar-refractivity contribution in [2.45, 2.75) is 49.7 Å². The van der Waals surface area contributed by atoms with Crippen LogP contribution in [0.5, 0.6) is 0 Å². The lowest BCUT2D eigenvalue weighted by Crippen LogP contribution is -2.41. The molecule has 0 amide bonds. The molecule has 7 nitrogen and oxygen atoms in total. The smallest absolute Gasteiger partial charge is 0.225 e. The van der Waals surface area contributed by atoms with E-state index in [9.17, 15) is 0 Å². The molecule has 0 radical (unpaired) electrons. The van der Waals surface area contributed by atoms with Crippen molar-refractivity contribution in [3.05, 3.63) is 245 Å². The summed E-state index contributed by atoms with van der Waals surface area (Å²) in [4.78, 5) is 20.9. The van der Waals surface area contributed by atoms with Crippen LogP contribution < -0.4 is 16.0 Å². The minimum atomic E-state index is 0.0237. The topological polar surface area (TPSA) is 87.7 Å². The van der Waals surface area contributed by atoms with Gasteiger partial charge in [0.1, 0.15) is 17.5 Å². The molecule has 1 aliphatic rings. The number of nitrogens with zero attached hydrogens (tertiary/aromatic N) is 4. The van der Waals surface area contributed by atoms with Crippen molar-refractivity contribution in [2.24, 2.45) is 0 Å². The van der Waals surface area contributed by atoms with E-state index in [1.54, 1.807) is 0 Å². The van der Waals surface area contributed by atoms with Crippen molar-refractivity contribution in [1.82, 2.24) is 19.9 Å². The first kappa shape index (κ1) is 37.5. The summed E-state index contributed by atoms with van der Waals surface area (Å²) in [5, 5.41) is 10.9. The van der Waals surface area contributed by atoms with Gasteiger partial charge >= 0.3 is 0 Å². The standard InChI is InChI=1S/C52H47N7/c1-7-19-37(20-8-1)31-47-56-43(32-45(58-47)53-34-38-21-9-2-10-22-38)50-48(41-27-15-5-16-28-41)51(49(50)42-29-17-6-18-30-42)44-33-46(54-35-39-23-11-3-12-24-39)59-52(57-44)55-36-40-25-13-4-14-26-40/h1-30,32-33,48-51H,31,34-36H2,(H,53,56,58)(H2,54,55,57,59)/t48-,49-,50?,51?/m1/s1. The van der Waals surface area contributed by atoms with Crippen molar-refractivity contribution >= 4 is 17.6 Å². The first-order chi connectivity index (χ1) is 29.2. The monoisotopic (exact) mass is 769 g/mol. The lowest BCUT2D eigenvalue weighted by Gasteiger charge is -2.52. The number of hydrogen-bond donors (Lipinski definition) is 3. The van der Waals surface area contributed by atoms with Crippen molar-refractivity contribution in [3.63, 3.8) is 0 Å². The summed E-state index contributed by atoms with van der Waals surface area (Å²) in [6, 6.07) is 68.0. The molecule has 290 valence electrons. The molecular weight excluding hydrogens is 723 g/mol. The van der Waals surface area contributed by atoms with Gasteiger partial charge in [-0.05, 0) is 33.4 Å². The van der Waals surface area contributed by atoms with E-state index in [1.807, 2.05) is 18.2 Å². The number of aromatic nitrogens is 4. The third kappa shape index (κ3) is 9.05. The van der Waals surface area contributed by atoms with Crippen LogP contribution in [-0.4, -0.2) is 19.9 Å². The average molecular weight is 770 g/mol. The molecule has 1 fully saturated rings. The number of rotatable bonds is 15. The largest absolute Gasteiger partial charge is 0.366 e. The average Bonchev–Trinajstić information content (AvgIpc) is 3.29. The molecular formula is C52H47N7. The summed E-state index contributed by atoms with van der Waals surface area (Å²) in [5.41, 5.74) is 9.26. The maximum Gasteiger partial charge on any atom is 0.225 e. The van der Waals surface area contributed by atoms with E-state index >= 15 is 0 Å². The molecule has 0 aliphatic heterocycles. The molecule has 6 aromatic carbocycles. The Kier molecular flexibility index (Phi) is 11.4. The van der Waals surface area contributed by atoms with Gasteiger partial charge < -0.3 is 16.0 Å². The summed E-state index contributed by atoms with van der Waals surface area (Å²) in [6.07, 6.45) is 0.635. The highest BCUT2D eigenvalue weighted by Gasteiger charge is 2.54. The Balaban J connectivity index is 1.15. The van der Waals surface area contributed by atoms with E-state index < -0.39 is 0 Å². The number of hydrogen-bond acceptors (Lipinski definition) is 7. The summed E-state index contributed by atoms with van der Waals surface area (Å²) >= 11 is 0. The van der Waals surface area contributed by atoms with Crippen molar-refractivity contribution in [1.29, 1.82) is 0 Å². The van der Waals surface area contributed by atoms with Crippen molar-refractivity contribution in [3.8, 4) is 0 Å².